The number of rotatable bonds is 2. The third kappa shape index (κ3) is 1.31. The highest BCUT2D eigenvalue weighted by Crippen LogP contribution is 2.09. The van der Waals surface area contributed by atoms with Gasteiger partial charge in [-0.1, -0.05) is 5.21 Å². The van der Waals surface area contributed by atoms with Gasteiger partial charge in [-0.2, -0.15) is 13.5 Å². The predicted octanol–water partition coefficient (Wildman–Crippen LogP) is 0.371. The molecule has 0 radical (unpaired) electrons. The van der Waals surface area contributed by atoms with E-state index in [1.165, 1.54) is 0 Å². The van der Waals surface area contributed by atoms with Gasteiger partial charge >= 0.3 is 12.5 Å². The van der Waals surface area contributed by atoms with Gasteiger partial charge in [0.05, 0.1) is 6.20 Å². The van der Waals surface area contributed by atoms with Crippen molar-refractivity contribution in [2.24, 2.45) is 0 Å². The Bertz CT molecular complexity index is 272. The molecule has 0 saturated carbocycles. The van der Waals surface area contributed by atoms with Crippen LogP contribution in [0.3, 0.4) is 0 Å². The van der Waals surface area contributed by atoms with Crippen LogP contribution in [0.5, 0.6) is 0 Å². The highest BCUT2D eigenvalue weighted by molar-refractivity contribution is 5.85. The first-order valence-electron chi connectivity index (χ1n) is 2.54. The van der Waals surface area contributed by atoms with Gasteiger partial charge in [0, 0.05) is 0 Å². The number of carboxylic acids is 1. The van der Waals surface area contributed by atoms with Crippen molar-refractivity contribution in [3.63, 3.8) is 0 Å². The number of aromatic carboxylic acids is 1. The first kappa shape index (κ1) is 7.58. The first-order valence-corrected chi connectivity index (χ1v) is 2.54. The quantitative estimate of drug-likeness (QED) is 0.683. The summed E-state index contributed by atoms with van der Waals surface area (Å²) in [4.78, 5) is 10.2. The zero-order valence-corrected chi connectivity index (χ0v) is 5.11. The summed E-state index contributed by atoms with van der Waals surface area (Å²) in [7, 11) is 0. The van der Waals surface area contributed by atoms with Crippen molar-refractivity contribution in [2.45, 2.75) is 6.55 Å². The third-order valence-electron chi connectivity index (χ3n) is 0.979. The Hall–Kier alpha value is -1.53. The zero-order chi connectivity index (χ0) is 8.43. The minimum atomic E-state index is -2.97. The largest absolute Gasteiger partial charge is 0.476 e. The summed E-state index contributed by atoms with van der Waals surface area (Å²) in [6.45, 7) is -2.97. The number of aromatic nitrogens is 3. The van der Waals surface area contributed by atoms with Crippen LogP contribution in [0.2, 0.25) is 0 Å². The Morgan fingerprint density at radius 1 is 1.73 bits per heavy atom. The maximum absolute atomic E-state index is 11.8. The smallest absolute Gasteiger partial charge is 0.356 e. The Labute approximate surface area is 59.2 Å². The summed E-state index contributed by atoms with van der Waals surface area (Å²) < 4.78 is 23.7. The van der Waals surface area contributed by atoms with E-state index >= 15 is 0 Å². The van der Waals surface area contributed by atoms with E-state index in [2.05, 4.69) is 10.3 Å². The van der Waals surface area contributed by atoms with Gasteiger partial charge < -0.3 is 5.11 Å². The predicted molar refractivity (Wildman–Crippen MR) is 28.2 cm³/mol. The molecule has 5 nitrogen and oxygen atoms in total. The van der Waals surface area contributed by atoms with Crippen LogP contribution in [0.25, 0.3) is 0 Å². The summed E-state index contributed by atoms with van der Waals surface area (Å²) >= 11 is 0. The highest BCUT2D eigenvalue weighted by atomic mass is 19.3. The molecule has 60 valence electrons. The van der Waals surface area contributed by atoms with E-state index in [-0.39, 0.29) is 4.68 Å². The monoisotopic (exact) mass is 163 g/mol. The second kappa shape index (κ2) is 2.60. The van der Waals surface area contributed by atoms with Crippen molar-refractivity contribution in [1.82, 2.24) is 15.0 Å². The maximum Gasteiger partial charge on any atom is 0.356 e. The lowest BCUT2D eigenvalue weighted by Crippen LogP contribution is -2.10. The van der Waals surface area contributed by atoms with Crippen molar-refractivity contribution in [2.75, 3.05) is 0 Å². The van der Waals surface area contributed by atoms with Crippen molar-refractivity contribution in [3.8, 4) is 0 Å². The van der Waals surface area contributed by atoms with Crippen LogP contribution >= 0.6 is 0 Å². The van der Waals surface area contributed by atoms with Gasteiger partial charge in [0.25, 0.3) is 0 Å². The molecule has 0 fully saturated rings. The minimum absolute atomic E-state index is 0.0301. The van der Waals surface area contributed by atoms with Crippen LogP contribution < -0.4 is 0 Å². The van der Waals surface area contributed by atoms with Crippen LogP contribution in [-0.4, -0.2) is 26.1 Å². The van der Waals surface area contributed by atoms with E-state index in [0.717, 1.165) is 6.20 Å². The van der Waals surface area contributed by atoms with Gasteiger partial charge in [0.2, 0.25) is 0 Å². The van der Waals surface area contributed by atoms with Crippen LogP contribution in [0, 0.1) is 0 Å². The van der Waals surface area contributed by atoms with E-state index in [4.69, 9.17) is 5.11 Å². The van der Waals surface area contributed by atoms with Gasteiger partial charge in [0.15, 0.2) is 5.69 Å². The molecule has 1 rings (SSSR count). The molecule has 0 unspecified atom stereocenters. The topological polar surface area (TPSA) is 68.0 Å². The molecule has 7 heteroatoms. The van der Waals surface area contributed by atoms with E-state index in [1.54, 1.807) is 0 Å². The lowest BCUT2D eigenvalue weighted by atomic mass is 10.5. The number of halogens is 2. The first-order chi connectivity index (χ1) is 5.13. The normalized spacial score (nSPS) is 10.5. The number of carboxylic acid groups (broad SMARTS) is 1. The second-order valence-corrected chi connectivity index (χ2v) is 1.65. The Balaban J connectivity index is 3.06. The van der Waals surface area contributed by atoms with Gasteiger partial charge in [-0.25, -0.2) is 4.79 Å². The minimum Gasteiger partial charge on any atom is -0.476 e. The molecule has 0 amide bonds. The molecule has 1 N–H and O–H groups in total. The fourth-order valence-electron chi connectivity index (χ4n) is 0.541. The molecule has 0 aliphatic rings. The molecular formula is C4H3F2N3O2. The molecule has 0 atom stereocenters. The molecule has 0 spiro atoms. The molecule has 0 aliphatic heterocycles. The SMILES string of the molecule is O=C(O)c1cnnn1C(F)F. The molecule has 0 bridgehead atoms. The van der Waals surface area contributed by atoms with Crippen molar-refractivity contribution in [3.05, 3.63) is 11.9 Å². The summed E-state index contributed by atoms with van der Waals surface area (Å²) in [6.07, 6.45) is 0.758. The number of alkyl halides is 2. The lowest BCUT2D eigenvalue weighted by Gasteiger charge is -1.98. The van der Waals surface area contributed by atoms with Crippen LogP contribution in [-0.2, 0) is 0 Å². The molecule has 0 saturated heterocycles. The number of hydrogen-bond donors (Lipinski definition) is 1. The standard InChI is InChI=1S/C4H3F2N3O2/c5-4(6)9-2(3(10)11)1-7-8-9/h1,4H,(H,10,11). The Morgan fingerprint density at radius 2 is 2.36 bits per heavy atom. The average molecular weight is 163 g/mol. The second-order valence-electron chi connectivity index (χ2n) is 1.65. The Morgan fingerprint density at radius 3 is 2.73 bits per heavy atom. The summed E-state index contributed by atoms with van der Waals surface area (Å²) in [5.41, 5.74) is -0.625. The van der Waals surface area contributed by atoms with Crippen LogP contribution in [0.4, 0.5) is 8.78 Å². The van der Waals surface area contributed by atoms with Crippen LogP contribution in [0.15, 0.2) is 6.20 Å². The zero-order valence-electron chi connectivity index (χ0n) is 5.11. The highest BCUT2D eigenvalue weighted by Gasteiger charge is 2.17. The van der Waals surface area contributed by atoms with Crippen molar-refractivity contribution in [1.29, 1.82) is 0 Å². The Kier molecular flexibility index (Phi) is 1.79. The molecule has 1 aromatic heterocycles. The molecular weight excluding hydrogens is 160 g/mol. The summed E-state index contributed by atoms with van der Waals surface area (Å²) in [5, 5.41) is 14.2. The van der Waals surface area contributed by atoms with Gasteiger partial charge in [-0.3, -0.25) is 0 Å². The van der Waals surface area contributed by atoms with Gasteiger partial charge in [0.1, 0.15) is 0 Å². The molecule has 0 aliphatic carbocycles. The van der Waals surface area contributed by atoms with E-state index < -0.39 is 18.2 Å². The maximum atomic E-state index is 11.8. The fourth-order valence-corrected chi connectivity index (χ4v) is 0.541. The van der Waals surface area contributed by atoms with Gasteiger partial charge in [-0.15, -0.1) is 5.10 Å². The molecule has 1 aromatic rings. The summed E-state index contributed by atoms with van der Waals surface area (Å²) in [6, 6.07) is 0. The lowest BCUT2D eigenvalue weighted by molar-refractivity contribution is 0.0427. The molecule has 1 heterocycles. The number of hydrogen-bond acceptors (Lipinski definition) is 3. The van der Waals surface area contributed by atoms with E-state index in [9.17, 15) is 13.6 Å². The van der Waals surface area contributed by atoms with E-state index in [0.29, 0.717) is 0 Å². The third-order valence-corrected chi connectivity index (χ3v) is 0.979. The average Bonchev–Trinajstić information content (AvgIpc) is 2.32. The van der Waals surface area contributed by atoms with Crippen molar-refractivity contribution >= 4 is 5.97 Å². The molecule has 11 heavy (non-hydrogen) atoms. The fraction of sp³-hybridized carbons (Fsp3) is 0.250. The number of nitrogens with zero attached hydrogens (tertiary/aromatic N) is 3. The van der Waals surface area contributed by atoms with Crippen molar-refractivity contribution < 1.29 is 18.7 Å². The van der Waals surface area contributed by atoms with E-state index in [1.807, 2.05) is 0 Å². The number of carbonyl (C=O) groups is 1. The molecule has 0 aromatic carbocycles. The summed E-state index contributed by atoms with van der Waals surface area (Å²) in [5.74, 6) is -1.48. The van der Waals surface area contributed by atoms with Gasteiger partial charge in [-0.05, 0) is 0 Å². The van der Waals surface area contributed by atoms with Crippen LogP contribution in [0.1, 0.15) is 17.0 Å².